The van der Waals surface area contributed by atoms with Crippen LogP contribution in [0.1, 0.15) is 18.1 Å². The summed E-state index contributed by atoms with van der Waals surface area (Å²) in [6.45, 7) is 1.38. The molecule has 3 N–H and O–H groups in total. The quantitative estimate of drug-likeness (QED) is 0.796. The summed E-state index contributed by atoms with van der Waals surface area (Å²) < 4.78 is 0. The number of primary amides is 1. The van der Waals surface area contributed by atoms with Crippen molar-refractivity contribution in [3.63, 3.8) is 0 Å². The van der Waals surface area contributed by atoms with Gasteiger partial charge in [-0.2, -0.15) is 0 Å². The highest BCUT2D eigenvalue weighted by Crippen LogP contribution is 2.38. The maximum absolute atomic E-state index is 11.7. The summed E-state index contributed by atoms with van der Waals surface area (Å²) in [4.78, 5) is 26.5. The SMILES string of the molecule is CN1C(=O)C(O)c2ccc(N3CCC(C(N)=O)C3)cc21. The van der Waals surface area contributed by atoms with Gasteiger partial charge in [-0.3, -0.25) is 9.59 Å². The first-order valence-corrected chi connectivity index (χ1v) is 6.63. The predicted octanol–water partition coefficient (Wildman–Crippen LogP) is 0.00800. The number of rotatable bonds is 2. The molecule has 106 valence electrons. The highest BCUT2D eigenvalue weighted by atomic mass is 16.3. The third-order valence-electron chi connectivity index (χ3n) is 4.19. The van der Waals surface area contributed by atoms with E-state index in [1.165, 1.54) is 4.90 Å². The van der Waals surface area contributed by atoms with Gasteiger partial charge >= 0.3 is 0 Å². The molecule has 1 fully saturated rings. The number of anilines is 2. The molecular weight excluding hydrogens is 258 g/mol. The zero-order valence-corrected chi connectivity index (χ0v) is 11.2. The van der Waals surface area contributed by atoms with Crippen LogP contribution in [0.5, 0.6) is 0 Å². The lowest BCUT2D eigenvalue weighted by molar-refractivity contribution is -0.125. The van der Waals surface area contributed by atoms with Gasteiger partial charge in [-0.05, 0) is 18.6 Å². The van der Waals surface area contributed by atoms with Gasteiger partial charge in [0, 0.05) is 31.4 Å². The van der Waals surface area contributed by atoms with Crippen molar-refractivity contribution in [2.45, 2.75) is 12.5 Å². The minimum atomic E-state index is -1.07. The molecule has 0 radical (unpaired) electrons. The van der Waals surface area contributed by atoms with E-state index in [0.717, 1.165) is 24.3 Å². The molecule has 0 spiro atoms. The first-order chi connectivity index (χ1) is 9.49. The van der Waals surface area contributed by atoms with Crippen LogP contribution in [0.3, 0.4) is 0 Å². The zero-order chi connectivity index (χ0) is 14.4. The Hall–Kier alpha value is -2.08. The normalized spacial score (nSPS) is 25.2. The number of fused-ring (bicyclic) bond motifs is 1. The van der Waals surface area contributed by atoms with Crippen LogP contribution in [0.25, 0.3) is 0 Å². The van der Waals surface area contributed by atoms with Crippen LogP contribution in [0.15, 0.2) is 18.2 Å². The molecule has 2 aliphatic heterocycles. The Bertz CT molecular complexity index is 587. The van der Waals surface area contributed by atoms with Crippen LogP contribution in [0.2, 0.25) is 0 Å². The first kappa shape index (κ1) is 12.9. The van der Waals surface area contributed by atoms with Crippen molar-refractivity contribution in [1.82, 2.24) is 0 Å². The van der Waals surface area contributed by atoms with Crippen molar-refractivity contribution in [3.05, 3.63) is 23.8 Å². The van der Waals surface area contributed by atoms with Gasteiger partial charge in [0.15, 0.2) is 6.10 Å². The molecule has 1 saturated heterocycles. The number of benzene rings is 1. The minimum absolute atomic E-state index is 0.117. The molecule has 2 atom stereocenters. The van der Waals surface area contributed by atoms with Gasteiger partial charge in [-0.25, -0.2) is 0 Å². The maximum atomic E-state index is 11.7. The molecule has 2 aliphatic rings. The standard InChI is InChI=1S/C14H17N3O3/c1-16-11-6-9(2-3-10(11)12(18)14(16)20)17-5-4-8(7-17)13(15)19/h2-3,6,8,12,18H,4-5,7H2,1H3,(H2,15,19). The summed E-state index contributed by atoms with van der Waals surface area (Å²) >= 11 is 0. The molecule has 2 amide bonds. The van der Waals surface area contributed by atoms with E-state index in [1.807, 2.05) is 12.1 Å². The minimum Gasteiger partial charge on any atom is -0.378 e. The van der Waals surface area contributed by atoms with E-state index in [1.54, 1.807) is 13.1 Å². The Morgan fingerprint density at radius 1 is 1.45 bits per heavy atom. The second-order valence-corrected chi connectivity index (χ2v) is 5.38. The van der Waals surface area contributed by atoms with Crippen molar-refractivity contribution >= 4 is 23.2 Å². The maximum Gasteiger partial charge on any atom is 0.260 e. The Kier molecular flexibility index (Phi) is 2.90. The molecule has 1 aromatic rings. The first-order valence-electron chi connectivity index (χ1n) is 6.63. The Morgan fingerprint density at radius 2 is 2.20 bits per heavy atom. The number of carbonyl (C=O) groups is 2. The topological polar surface area (TPSA) is 86.9 Å². The van der Waals surface area contributed by atoms with Gasteiger partial charge in [0.25, 0.3) is 5.91 Å². The molecule has 1 aromatic carbocycles. The lowest BCUT2D eigenvalue weighted by Gasteiger charge is -2.20. The second kappa shape index (κ2) is 4.49. The molecule has 0 saturated carbocycles. The van der Waals surface area contributed by atoms with Crippen LogP contribution >= 0.6 is 0 Å². The molecule has 6 heteroatoms. The van der Waals surface area contributed by atoms with E-state index in [2.05, 4.69) is 4.90 Å². The highest BCUT2D eigenvalue weighted by Gasteiger charge is 2.34. The van der Waals surface area contributed by atoms with Crippen LogP contribution in [-0.2, 0) is 9.59 Å². The number of likely N-dealkylation sites (N-methyl/N-ethyl adjacent to an activating group) is 1. The van der Waals surface area contributed by atoms with Crippen molar-refractivity contribution in [2.75, 3.05) is 29.9 Å². The van der Waals surface area contributed by atoms with Crippen molar-refractivity contribution in [1.29, 1.82) is 0 Å². The fraction of sp³-hybridized carbons (Fsp3) is 0.429. The fourth-order valence-corrected chi connectivity index (χ4v) is 2.91. The van der Waals surface area contributed by atoms with Crippen LogP contribution in [0, 0.1) is 5.92 Å². The summed E-state index contributed by atoms with van der Waals surface area (Å²) in [5, 5.41) is 9.83. The second-order valence-electron chi connectivity index (χ2n) is 5.38. The Labute approximate surface area is 116 Å². The van der Waals surface area contributed by atoms with Crippen LogP contribution in [-0.4, -0.2) is 37.1 Å². The largest absolute Gasteiger partial charge is 0.378 e. The number of nitrogens with zero attached hydrogens (tertiary/aromatic N) is 2. The lowest BCUT2D eigenvalue weighted by atomic mass is 10.1. The summed E-state index contributed by atoms with van der Waals surface area (Å²) in [7, 11) is 1.65. The van der Waals surface area contributed by atoms with Gasteiger partial charge < -0.3 is 20.6 Å². The highest BCUT2D eigenvalue weighted by molar-refractivity contribution is 6.03. The third kappa shape index (κ3) is 1.84. The molecule has 3 rings (SSSR count). The Morgan fingerprint density at radius 3 is 2.85 bits per heavy atom. The number of aliphatic hydroxyl groups is 1. The number of amides is 2. The van der Waals surface area contributed by atoms with E-state index < -0.39 is 6.10 Å². The lowest BCUT2D eigenvalue weighted by Crippen LogP contribution is -2.27. The van der Waals surface area contributed by atoms with Gasteiger partial charge in [0.1, 0.15) is 0 Å². The van der Waals surface area contributed by atoms with Gasteiger partial charge in [-0.15, -0.1) is 0 Å². The molecular formula is C14H17N3O3. The van der Waals surface area contributed by atoms with Crippen molar-refractivity contribution in [2.24, 2.45) is 11.7 Å². The van der Waals surface area contributed by atoms with Crippen LogP contribution in [0.4, 0.5) is 11.4 Å². The van der Waals surface area contributed by atoms with E-state index in [9.17, 15) is 14.7 Å². The molecule has 6 nitrogen and oxygen atoms in total. The molecule has 0 bridgehead atoms. The van der Waals surface area contributed by atoms with E-state index in [-0.39, 0.29) is 17.7 Å². The smallest absolute Gasteiger partial charge is 0.260 e. The van der Waals surface area contributed by atoms with E-state index >= 15 is 0 Å². The zero-order valence-electron chi connectivity index (χ0n) is 11.2. The average Bonchev–Trinajstić information content (AvgIpc) is 3.00. The molecule has 0 aliphatic carbocycles. The number of nitrogens with two attached hydrogens (primary N) is 1. The summed E-state index contributed by atoms with van der Waals surface area (Å²) in [5.74, 6) is -0.696. The fourth-order valence-electron chi connectivity index (χ4n) is 2.91. The predicted molar refractivity (Wildman–Crippen MR) is 74.3 cm³/mol. The Balaban J connectivity index is 1.88. The molecule has 20 heavy (non-hydrogen) atoms. The number of hydrogen-bond acceptors (Lipinski definition) is 4. The van der Waals surface area contributed by atoms with Crippen molar-refractivity contribution < 1.29 is 14.7 Å². The van der Waals surface area contributed by atoms with Gasteiger partial charge in [0.2, 0.25) is 5.91 Å². The average molecular weight is 275 g/mol. The number of hydrogen-bond donors (Lipinski definition) is 2. The van der Waals surface area contributed by atoms with Gasteiger partial charge in [-0.1, -0.05) is 6.07 Å². The van der Waals surface area contributed by atoms with E-state index in [4.69, 9.17) is 5.73 Å². The monoisotopic (exact) mass is 275 g/mol. The van der Waals surface area contributed by atoms with E-state index in [0.29, 0.717) is 12.1 Å². The number of carbonyl (C=O) groups excluding carboxylic acids is 2. The summed E-state index contributed by atoms with van der Waals surface area (Å²) in [5.41, 5.74) is 7.64. The summed E-state index contributed by atoms with van der Waals surface area (Å²) in [6.07, 6.45) is -0.315. The third-order valence-corrected chi connectivity index (χ3v) is 4.19. The van der Waals surface area contributed by atoms with Gasteiger partial charge in [0.05, 0.1) is 11.6 Å². The molecule has 2 heterocycles. The van der Waals surface area contributed by atoms with Crippen molar-refractivity contribution in [3.8, 4) is 0 Å². The molecule has 2 unspecified atom stereocenters. The molecule has 0 aromatic heterocycles. The van der Waals surface area contributed by atoms with Crippen LogP contribution < -0.4 is 15.5 Å². The summed E-state index contributed by atoms with van der Waals surface area (Å²) in [6, 6.07) is 5.53. The number of aliphatic hydroxyl groups excluding tert-OH is 1.